The molecule has 0 radical (unpaired) electrons. The smallest absolute Gasteiger partial charge is 0.257 e. The second-order valence-electron chi connectivity index (χ2n) is 4.45. The molecule has 1 saturated heterocycles. The van der Waals surface area contributed by atoms with E-state index in [0.717, 1.165) is 23.9 Å². The molecule has 2 N–H and O–H groups in total. The maximum Gasteiger partial charge on any atom is 0.257 e. The van der Waals surface area contributed by atoms with E-state index in [2.05, 4.69) is 0 Å². The molecule has 2 heterocycles. The Morgan fingerprint density at radius 2 is 2.17 bits per heavy atom. The maximum atomic E-state index is 12.3. The average molecular weight is 267 g/mol. The van der Waals surface area contributed by atoms with Gasteiger partial charge in [0.15, 0.2) is 0 Å². The van der Waals surface area contributed by atoms with Gasteiger partial charge in [-0.15, -0.1) is 12.4 Å². The lowest BCUT2D eigenvalue weighted by atomic mass is 10.1. The predicted octanol–water partition coefficient (Wildman–Crippen LogP) is 2.03. The number of nitrogens with zero attached hydrogens (tertiary/aromatic N) is 1. The van der Waals surface area contributed by atoms with E-state index < -0.39 is 0 Å². The van der Waals surface area contributed by atoms with E-state index >= 15 is 0 Å². The first-order chi connectivity index (χ1) is 8.25. The summed E-state index contributed by atoms with van der Waals surface area (Å²) < 4.78 is 5.38. The molecule has 0 aliphatic carbocycles. The molecular formula is C13H15ClN2O2. The van der Waals surface area contributed by atoms with Gasteiger partial charge in [0.1, 0.15) is 11.8 Å². The summed E-state index contributed by atoms with van der Waals surface area (Å²) in [6.07, 6.45) is 2.42. The minimum atomic E-state index is 0. The predicted molar refractivity (Wildman–Crippen MR) is 72.0 cm³/mol. The molecule has 5 heteroatoms. The molecule has 3 rings (SSSR count). The van der Waals surface area contributed by atoms with E-state index in [-0.39, 0.29) is 24.4 Å². The van der Waals surface area contributed by atoms with Crippen molar-refractivity contribution in [3.63, 3.8) is 0 Å². The van der Waals surface area contributed by atoms with Crippen molar-refractivity contribution in [1.82, 2.24) is 4.90 Å². The molecule has 1 amide bonds. The lowest BCUT2D eigenvalue weighted by molar-refractivity contribution is 0.0792. The Kier molecular flexibility index (Phi) is 3.59. The summed E-state index contributed by atoms with van der Waals surface area (Å²) >= 11 is 0. The van der Waals surface area contributed by atoms with Gasteiger partial charge in [-0.3, -0.25) is 4.79 Å². The molecule has 0 unspecified atom stereocenters. The molecule has 1 aliphatic heterocycles. The fourth-order valence-electron chi connectivity index (χ4n) is 2.29. The number of carbonyl (C=O) groups is 1. The van der Waals surface area contributed by atoms with Gasteiger partial charge in [-0.05, 0) is 12.5 Å². The molecule has 1 aliphatic rings. The highest BCUT2D eigenvalue weighted by molar-refractivity contribution is 6.05. The van der Waals surface area contributed by atoms with Crippen LogP contribution in [0.4, 0.5) is 0 Å². The van der Waals surface area contributed by atoms with Crippen LogP contribution < -0.4 is 5.73 Å². The zero-order chi connectivity index (χ0) is 11.8. The van der Waals surface area contributed by atoms with E-state index in [0.29, 0.717) is 12.1 Å². The van der Waals surface area contributed by atoms with Crippen LogP contribution in [0.25, 0.3) is 11.0 Å². The van der Waals surface area contributed by atoms with E-state index in [4.69, 9.17) is 10.2 Å². The minimum absolute atomic E-state index is 0. The first kappa shape index (κ1) is 12.9. The second-order valence-corrected chi connectivity index (χ2v) is 4.45. The minimum Gasteiger partial charge on any atom is -0.463 e. The van der Waals surface area contributed by atoms with Crippen LogP contribution >= 0.6 is 12.4 Å². The van der Waals surface area contributed by atoms with E-state index in [1.807, 2.05) is 24.3 Å². The third-order valence-corrected chi connectivity index (χ3v) is 3.22. The summed E-state index contributed by atoms with van der Waals surface area (Å²) in [4.78, 5) is 14.1. The van der Waals surface area contributed by atoms with Crippen LogP contribution in [-0.4, -0.2) is 29.9 Å². The SMILES string of the molecule is Cl.N[C@@H]1CCN(C(=O)c2coc3ccccc23)C1. The zero-order valence-electron chi connectivity index (χ0n) is 9.83. The number of halogens is 1. The Morgan fingerprint density at radius 3 is 2.89 bits per heavy atom. The summed E-state index contributed by atoms with van der Waals surface area (Å²) in [5.74, 6) is 0.0166. The van der Waals surface area contributed by atoms with E-state index in [9.17, 15) is 4.79 Å². The van der Waals surface area contributed by atoms with E-state index in [1.54, 1.807) is 4.90 Å². The molecule has 18 heavy (non-hydrogen) atoms. The van der Waals surface area contributed by atoms with Crippen molar-refractivity contribution < 1.29 is 9.21 Å². The van der Waals surface area contributed by atoms with Gasteiger partial charge in [0.2, 0.25) is 0 Å². The number of amides is 1. The first-order valence-electron chi connectivity index (χ1n) is 5.77. The van der Waals surface area contributed by atoms with Crippen molar-refractivity contribution in [2.24, 2.45) is 5.73 Å². The van der Waals surface area contributed by atoms with Gasteiger partial charge in [0, 0.05) is 24.5 Å². The fourth-order valence-corrected chi connectivity index (χ4v) is 2.29. The summed E-state index contributed by atoms with van der Waals surface area (Å²) in [6, 6.07) is 7.68. The van der Waals surface area contributed by atoms with Crippen molar-refractivity contribution in [2.45, 2.75) is 12.5 Å². The molecule has 1 aromatic carbocycles. The van der Waals surface area contributed by atoms with Crippen LogP contribution in [0, 0.1) is 0 Å². The normalized spacial score (nSPS) is 18.9. The molecule has 4 nitrogen and oxygen atoms in total. The monoisotopic (exact) mass is 266 g/mol. The van der Waals surface area contributed by atoms with Gasteiger partial charge >= 0.3 is 0 Å². The number of hydrogen-bond acceptors (Lipinski definition) is 3. The molecule has 0 saturated carbocycles. The molecular weight excluding hydrogens is 252 g/mol. The number of nitrogens with two attached hydrogens (primary N) is 1. The molecule has 96 valence electrons. The number of para-hydroxylation sites is 1. The van der Waals surface area contributed by atoms with Crippen molar-refractivity contribution >= 4 is 29.3 Å². The number of rotatable bonds is 1. The molecule has 0 spiro atoms. The highest BCUT2D eigenvalue weighted by atomic mass is 35.5. The zero-order valence-corrected chi connectivity index (χ0v) is 10.7. The summed E-state index contributed by atoms with van der Waals surface area (Å²) in [5.41, 5.74) is 7.20. The third kappa shape index (κ3) is 2.09. The van der Waals surface area contributed by atoms with E-state index in [1.165, 1.54) is 6.26 Å². The van der Waals surface area contributed by atoms with Gasteiger partial charge in [-0.25, -0.2) is 0 Å². The summed E-state index contributed by atoms with van der Waals surface area (Å²) in [6.45, 7) is 1.37. The van der Waals surface area contributed by atoms with Crippen LogP contribution in [0.3, 0.4) is 0 Å². The lowest BCUT2D eigenvalue weighted by Gasteiger charge is -2.14. The van der Waals surface area contributed by atoms with Crippen molar-refractivity contribution in [1.29, 1.82) is 0 Å². The fraction of sp³-hybridized carbons (Fsp3) is 0.308. The number of furan rings is 1. The highest BCUT2D eigenvalue weighted by Gasteiger charge is 2.26. The topological polar surface area (TPSA) is 59.5 Å². The Morgan fingerprint density at radius 1 is 1.39 bits per heavy atom. The summed E-state index contributed by atoms with van der Waals surface area (Å²) in [7, 11) is 0. The number of hydrogen-bond donors (Lipinski definition) is 1. The van der Waals surface area contributed by atoms with Crippen molar-refractivity contribution in [3.05, 3.63) is 36.1 Å². The van der Waals surface area contributed by atoms with Crippen LogP contribution in [0.2, 0.25) is 0 Å². The van der Waals surface area contributed by atoms with Crippen LogP contribution in [0.15, 0.2) is 34.9 Å². The van der Waals surface area contributed by atoms with Crippen LogP contribution in [0.1, 0.15) is 16.8 Å². The van der Waals surface area contributed by atoms with Gasteiger partial charge < -0.3 is 15.1 Å². The number of likely N-dealkylation sites (tertiary alicyclic amines) is 1. The Balaban J connectivity index is 0.00000120. The largest absolute Gasteiger partial charge is 0.463 e. The summed E-state index contributed by atoms with van der Waals surface area (Å²) in [5, 5.41) is 0.873. The standard InChI is InChI=1S/C13H14N2O2.ClH/c14-9-5-6-15(7-9)13(16)11-8-17-12-4-2-1-3-10(11)12;/h1-4,8-9H,5-7,14H2;1H/t9-;/m1./s1. The molecule has 1 atom stereocenters. The average Bonchev–Trinajstić information content (AvgIpc) is 2.94. The quantitative estimate of drug-likeness (QED) is 0.859. The van der Waals surface area contributed by atoms with Crippen molar-refractivity contribution in [3.8, 4) is 0 Å². The number of fused-ring (bicyclic) bond motifs is 1. The van der Waals surface area contributed by atoms with Gasteiger partial charge in [0.25, 0.3) is 5.91 Å². The third-order valence-electron chi connectivity index (χ3n) is 3.22. The molecule has 1 fully saturated rings. The Labute approximate surface area is 111 Å². The molecule has 2 aromatic rings. The number of benzene rings is 1. The Hall–Kier alpha value is -1.52. The van der Waals surface area contributed by atoms with Crippen LogP contribution in [-0.2, 0) is 0 Å². The lowest BCUT2D eigenvalue weighted by Crippen LogP contribution is -2.31. The van der Waals surface area contributed by atoms with Crippen LogP contribution in [0.5, 0.6) is 0 Å². The van der Waals surface area contributed by atoms with Gasteiger partial charge in [0.05, 0.1) is 5.56 Å². The Bertz CT molecular complexity index is 567. The maximum absolute atomic E-state index is 12.3. The molecule has 0 bridgehead atoms. The van der Waals surface area contributed by atoms with Gasteiger partial charge in [-0.1, -0.05) is 18.2 Å². The van der Waals surface area contributed by atoms with Gasteiger partial charge in [-0.2, -0.15) is 0 Å². The van der Waals surface area contributed by atoms with Crippen molar-refractivity contribution in [2.75, 3.05) is 13.1 Å². The number of carbonyl (C=O) groups excluding carboxylic acids is 1. The molecule has 1 aromatic heterocycles. The highest BCUT2D eigenvalue weighted by Crippen LogP contribution is 2.23. The second kappa shape index (κ2) is 5.00. The first-order valence-corrected chi connectivity index (χ1v) is 5.77.